The summed E-state index contributed by atoms with van der Waals surface area (Å²) in [6, 6.07) is 5.46. The molecule has 1 unspecified atom stereocenters. The Bertz CT molecular complexity index is 437. The highest BCUT2D eigenvalue weighted by Crippen LogP contribution is 2.14. The minimum atomic E-state index is -0.352. The van der Waals surface area contributed by atoms with E-state index in [1.165, 1.54) is 6.07 Å². The average molecular weight is 300 g/mol. The van der Waals surface area contributed by atoms with Gasteiger partial charge in [-0.2, -0.15) is 11.8 Å². The van der Waals surface area contributed by atoms with Crippen LogP contribution >= 0.6 is 24.0 Å². The number of hydrogen-bond acceptors (Lipinski definition) is 3. The van der Waals surface area contributed by atoms with Crippen molar-refractivity contribution in [1.29, 1.82) is 0 Å². The van der Waals surface area contributed by atoms with Gasteiger partial charge in [-0.15, -0.1) is 0 Å². The molecular weight excluding hydrogens is 279 g/mol. The first-order chi connectivity index (χ1) is 8.95. The fraction of sp³-hybridized carbons (Fsp3) is 0.500. The molecule has 0 aliphatic heterocycles. The number of thioether (sulfide) groups is 1. The van der Waals surface area contributed by atoms with E-state index in [0.717, 1.165) is 24.3 Å². The molecule has 0 aliphatic carbocycles. The fourth-order valence-electron chi connectivity index (χ4n) is 1.81. The van der Waals surface area contributed by atoms with Crippen molar-refractivity contribution >= 4 is 29.0 Å². The van der Waals surface area contributed by atoms with E-state index in [9.17, 15) is 4.39 Å². The van der Waals surface area contributed by atoms with Gasteiger partial charge in [0.25, 0.3) is 0 Å². The smallest absolute Gasteiger partial charge is 0.133 e. The van der Waals surface area contributed by atoms with E-state index < -0.39 is 0 Å². The lowest BCUT2D eigenvalue weighted by Gasteiger charge is -2.24. The zero-order valence-corrected chi connectivity index (χ0v) is 13.3. The molecule has 1 atom stereocenters. The molecule has 5 heteroatoms. The van der Waals surface area contributed by atoms with Gasteiger partial charge in [0.05, 0.1) is 0 Å². The number of benzene rings is 1. The van der Waals surface area contributed by atoms with Crippen molar-refractivity contribution in [2.75, 3.05) is 19.1 Å². The first kappa shape index (κ1) is 16.4. The predicted molar refractivity (Wildman–Crippen MR) is 86.2 cm³/mol. The first-order valence-electron chi connectivity index (χ1n) is 6.23. The van der Waals surface area contributed by atoms with Crippen molar-refractivity contribution in [3.05, 3.63) is 35.1 Å². The van der Waals surface area contributed by atoms with E-state index in [0.29, 0.717) is 11.6 Å². The number of nitrogens with zero attached hydrogens (tertiary/aromatic N) is 1. The van der Waals surface area contributed by atoms with Crippen LogP contribution in [0.4, 0.5) is 4.39 Å². The van der Waals surface area contributed by atoms with Crippen LogP contribution in [-0.2, 0) is 6.54 Å². The molecule has 1 rings (SSSR count). The Morgan fingerprint density at radius 3 is 2.79 bits per heavy atom. The van der Waals surface area contributed by atoms with Crippen molar-refractivity contribution < 1.29 is 4.39 Å². The van der Waals surface area contributed by atoms with Gasteiger partial charge in [0.2, 0.25) is 0 Å². The van der Waals surface area contributed by atoms with E-state index in [4.69, 9.17) is 18.0 Å². The summed E-state index contributed by atoms with van der Waals surface area (Å²) in [5.41, 5.74) is 6.88. The highest BCUT2D eigenvalue weighted by atomic mass is 32.2. The number of thiocarbonyl (C=S) groups is 1. The minimum absolute atomic E-state index is 0.109. The molecule has 0 aliphatic rings. The van der Waals surface area contributed by atoms with Gasteiger partial charge in [-0.3, -0.25) is 4.90 Å². The topological polar surface area (TPSA) is 29.3 Å². The van der Waals surface area contributed by atoms with E-state index in [-0.39, 0.29) is 10.8 Å². The van der Waals surface area contributed by atoms with Gasteiger partial charge in [0, 0.05) is 18.2 Å². The maximum absolute atomic E-state index is 13.5. The molecular formula is C14H21FN2S2. The average Bonchev–Trinajstić information content (AvgIpc) is 2.37. The molecule has 0 spiro atoms. The third-order valence-electron chi connectivity index (χ3n) is 3.22. The van der Waals surface area contributed by atoms with Crippen LogP contribution in [0.25, 0.3) is 0 Å². The van der Waals surface area contributed by atoms with Crippen molar-refractivity contribution in [2.45, 2.75) is 25.9 Å². The summed E-state index contributed by atoms with van der Waals surface area (Å²) in [7, 11) is 2.08. The Labute approximate surface area is 124 Å². The summed E-state index contributed by atoms with van der Waals surface area (Å²) >= 11 is 6.71. The van der Waals surface area contributed by atoms with Crippen LogP contribution in [0, 0.1) is 5.82 Å². The second-order valence-corrected chi connectivity index (χ2v) is 6.15. The molecule has 1 aromatic carbocycles. The summed E-state index contributed by atoms with van der Waals surface area (Å²) in [5.74, 6) is 0.793. The van der Waals surface area contributed by atoms with Gasteiger partial charge in [0.1, 0.15) is 10.8 Å². The molecule has 0 bridgehead atoms. The number of rotatable bonds is 7. The Kier molecular flexibility index (Phi) is 6.75. The highest BCUT2D eigenvalue weighted by molar-refractivity contribution is 7.98. The van der Waals surface area contributed by atoms with Crippen LogP contribution in [0.5, 0.6) is 0 Å². The Balaban J connectivity index is 2.71. The zero-order chi connectivity index (χ0) is 14.4. The molecule has 0 saturated heterocycles. The van der Waals surface area contributed by atoms with Crippen molar-refractivity contribution in [2.24, 2.45) is 5.73 Å². The van der Waals surface area contributed by atoms with Crippen LogP contribution in [0.15, 0.2) is 18.2 Å². The van der Waals surface area contributed by atoms with Gasteiger partial charge in [-0.1, -0.05) is 18.3 Å². The fourth-order valence-corrected chi connectivity index (χ4v) is 2.55. The summed E-state index contributed by atoms with van der Waals surface area (Å²) in [6.45, 7) is 2.97. The second kappa shape index (κ2) is 7.82. The van der Waals surface area contributed by atoms with E-state index in [1.807, 2.05) is 11.8 Å². The maximum atomic E-state index is 13.5. The zero-order valence-electron chi connectivity index (χ0n) is 11.6. The lowest BCUT2D eigenvalue weighted by atomic mass is 10.1. The second-order valence-electron chi connectivity index (χ2n) is 4.72. The molecule has 0 amide bonds. The molecule has 19 heavy (non-hydrogen) atoms. The summed E-state index contributed by atoms with van der Waals surface area (Å²) in [6.07, 6.45) is 3.25. The van der Waals surface area contributed by atoms with Gasteiger partial charge < -0.3 is 5.73 Å². The number of hydrogen-bond donors (Lipinski definition) is 1. The van der Waals surface area contributed by atoms with Crippen LogP contribution in [0.2, 0.25) is 0 Å². The summed E-state index contributed by atoms with van der Waals surface area (Å²) in [4.78, 5) is 2.37. The first-order valence-corrected chi connectivity index (χ1v) is 8.03. The van der Waals surface area contributed by atoms with Gasteiger partial charge >= 0.3 is 0 Å². The van der Waals surface area contributed by atoms with Crippen molar-refractivity contribution in [1.82, 2.24) is 4.90 Å². The number of nitrogens with two attached hydrogens (primary N) is 1. The van der Waals surface area contributed by atoms with Gasteiger partial charge in [-0.25, -0.2) is 4.39 Å². The molecule has 2 nitrogen and oxygen atoms in total. The molecule has 0 fully saturated rings. The minimum Gasteiger partial charge on any atom is -0.389 e. The van der Waals surface area contributed by atoms with E-state index >= 15 is 0 Å². The SMILES string of the molecule is CSCCC(C)N(C)Cc1ccc(F)c(C(N)=S)c1. The van der Waals surface area contributed by atoms with Crippen molar-refractivity contribution in [3.8, 4) is 0 Å². The van der Waals surface area contributed by atoms with Crippen LogP contribution < -0.4 is 5.73 Å². The predicted octanol–water partition coefficient (Wildman–Crippen LogP) is 3.03. The van der Waals surface area contributed by atoms with Crippen LogP contribution in [0.1, 0.15) is 24.5 Å². The van der Waals surface area contributed by atoms with Crippen LogP contribution in [-0.4, -0.2) is 35.0 Å². The Morgan fingerprint density at radius 1 is 1.53 bits per heavy atom. The summed E-state index contributed by atoms with van der Waals surface area (Å²) in [5, 5.41) is 0. The molecule has 0 radical (unpaired) electrons. The van der Waals surface area contributed by atoms with Gasteiger partial charge in [-0.05, 0) is 50.1 Å². The van der Waals surface area contributed by atoms with Crippen molar-refractivity contribution in [3.63, 3.8) is 0 Å². The third-order valence-corrected chi connectivity index (χ3v) is 4.08. The highest BCUT2D eigenvalue weighted by Gasteiger charge is 2.11. The lowest BCUT2D eigenvalue weighted by Crippen LogP contribution is -2.29. The largest absolute Gasteiger partial charge is 0.389 e. The maximum Gasteiger partial charge on any atom is 0.133 e. The molecule has 2 N–H and O–H groups in total. The molecule has 0 aromatic heterocycles. The normalized spacial score (nSPS) is 12.7. The Morgan fingerprint density at radius 2 is 2.21 bits per heavy atom. The third kappa shape index (κ3) is 5.09. The lowest BCUT2D eigenvalue weighted by molar-refractivity contribution is 0.245. The quantitative estimate of drug-likeness (QED) is 0.784. The standard InChI is InChI=1S/C14H21FN2S2/c1-10(6-7-19-3)17(2)9-11-4-5-13(15)12(8-11)14(16)18/h4-5,8,10H,6-7,9H2,1-3H3,(H2,16,18). The molecule has 106 valence electrons. The van der Waals surface area contributed by atoms with Crippen LogP contribution in [0.3, 0.4) is 0 Å². The molecule has 0 heterocycles. The summed E-state index contributed by atoms with van der Waals surface area (Å²) < 4.78 is 13.5. The monoisotopic (exact) mass is 300 g/mol. The Hall–Kier alpha value is -0.650. The number of halogens is 1. The molecule has 1 aromatic rings. The van der Waals surface area contributed by atoms with E-state index in [2.05, 4.69) is 25.1 Å². The molecule has 0 saturated carbocycles. The van der Waals surface area contributed by atoms with E-state index in [1.54, 1.807) is 12.1 Å². The van der Waals surface area contributed by atoms with Gasteiger partial charge in [0.15, 0.2) is 0 Å².